The fraction of sp³-hybridized carbons (Fsp3) is 0.444. The van der Waals surface area contributed by atoms with Gasteiger partial charge in [0.25, 0.3) is 0 Å². The maximum Gasteiger partial charge on any atom is 0.407 e. The standard InChI is InChI=1S/C27H32N2O6/c1-27(2,3)35-26(31)28-18-5-7-29(8-6-18)14-17-9-16-10-24-25(34-15-33-24)12-20(16)21-13-23(32-4)22(30)11-19(17)21/h9-13,18,30H,5-8,14-15H2,1-4H3,(H,28,31). The second kappa shape index (κ2) is 9.00. The van der Waals surface area contributed by atoms with Crippen molar-refractivity contribution in [3.63, 3.8) is 0 Å². The molecule has 3 aromatic carbocycles. The number of benzene rings is 3. The summed E-state index contributed by atoms with van der Waals surface area (Å²) in [6.45, 7) is 8.24. The van der Waals surface area contributed by atoms with Gasteiger partial charge in [-0.05, 0) is 91.1 Å². The van der Waals surface area contributed by atoms with Gasteiger partial charge in [-0.3, -0.25) is 4.90 Å². The monoisotopic (exact) mass is 480 g/mol. The van der Waals surface area contributed by atoms with E-state index in [1.807, 2.05) is 39.0 Å². The molecule has 0 saturated carbocycles. The van der Waals surface area contributed by atoms with E-state index in [2.05, 4.69) is 16.3 Å². The number of likely N-dealkylation sites (tertiary alicyclic amines) is 1. The summed E-state index contributed by atoms with van der Waals surface area (Å²) in [7, 11) is 1.55. The molecule has 0 aliphatic carbocycles. The number of aromatic hydroxyl groups is 1. The molecule has 8 heteroatoms. The highest BCUT2D eigenvalue weighted by Crippen LogP contribution is 2.42. The second-order valence-electron chi connectivity index (χ2n) is 10.2. The van der Waals surface area contributed by atoms with Gasteiger partial charge in [0, 0.05) is 25.7 Å². The minimum absolute atomic E-state index is 0.0995. The quantitative estimate of drug-likeness (QED) is 0.512. The topological polar surface area (TPSA) is 89.5 Å². The Bertz CT molecular complexity index is 1270. The van der Waals surface area contributed by atoms with Crippen LogP contribution in [0.5, 0.6) is 23.0 Å². The molecule has 2 N–H and O–H groups in total. The zero-order valence-corrected chi connectivity index (χ0v) is 20.6. The number of phenols is 1. The summed E-state index contributed by atoms with van der Waals surface area (Å²) < 4.78 is 22.0. The molecule has 0 unspecified atom stereocenters. The van der Waals surface area contributed by atoms with Gasteiger partial charge in [-0.1, -0.05) is 0 Å². The largest absolute Gasteiger partial charge is 0.504 e. The third-order valence-corrected chi connectivity index (χ3v) is 6.53. The lowest BCUT2D eigenvalue weighted by Gasteiger charge is -2.33. The third kappa shape index (κ3) is 4.89. The highest BCUT2D eigenvalue weighted by molar-refractivity contribution is 6.11. The molecule has 35 heavy (non-hydrogen) atoms. The van der Waals surface area contributed by atoms with Crippen LogP contribution in [0.15, 0.2) is 30.3 Å². The molecule has 0 spiro atoms. The van der Waals surface area contributed by atoms with Crippen LogP contribution in [0, 0.1) is 0 Å². The van der Waals surface area contributed by atoms with Gasteiger partial charge in [-0.25, -0.2) is 4.79 Å². The van der Waals surface area contributed by atoms with E-state index in [1.54, 1.807) is 13.2 Å². The van der Waals surface area contributed by atoms with E-state index in [9.17, 15) is 9.90 Å². The number of carbonyl (C=O) groups is 1. The van der Waals surface area contributed by atoms with Gasteiger partial charge in [0.1, 0.15) is 5.60 Å². The van der Waals surface area contributed by atoms with E-state index < -0.39 is 5.60 Å². The van der Waals surface area contributed by atoms with Crippen molar-refractivity contribution in [2.45, 2.75) is 51.8 Å². The molecular weight excluding hydrogens is 448 g/mol. The summed E-state index contributed by atoms with van der Waals surface area (Å²) in [6, 6.07) is 9.93. The Morgan fingerprint density at radius 1 is 1.06 bits per heavy atom. The first-order chi connectivity index (χ1) is 16.7. The number of nitrogens with one attached hydrogen (secondary N) is 1. The number of phenolic OH excluding ortho intramolecular Hbond substituents is 1. The minimum Gasteiger partial charge on any atom is -0.504 e. The van der Waals surface area contributed by atoms with Crippen LogP contribution in [0.1, 0.15) is 39.2 Å². The summed E-state index contributed by atoms with van der Waals surface area (Å²) in [5.74, 6) is 2.00. The van der Waals surface area contributed by atoms with Crippen LogP contribution in [-0.2, 0) is 11.3 Å². The molecular formula is C27H32N2O6. The lowest BCUT2D eigenvalue weighted by atomic mass is 9.95. The Balaban J connectivity index is 1.40. The number of hydrogen-bond donors (Lipinski definition) is 2. The van der Waals surface area contributed by atoms with Crippen LogP contribution in [0.3, 0.4) is 0 Å². The van der Waals surface area contributed by atoms with Crippen molar-refractivity contribution in [3.8, 4) is 23.0 Å². The zero-order chi connectivity index (χ0) is 24.7. The van der Waals surface area contributed by atoms with Gasteiger partial charge in [-0.15, -0.1) is 0 Å². The molecule has 2 heterocycles. The predicted molar refractivity (Wildman–Crippen MR) is 133 cm³/mol. The number of piperidine rings is 1. The number of alkyl carbamates (subject to hydrolysis) is 1. The van der Waals surface area contributed by atoms with Gasteiger partial charge in [0.15, 0.2) is 23.0 Å². The van der Waals surface area contributed by atoms with Crippen molar-refractivity contribution in [1.29, 1.82) is 0 Å². The number of fused-ring (bicyclic) bond motifs is 4. The average Bonchev–Trinajstić information content (AvgIpc) is 3.25. The second-order valence-corrected chi connectivity index (χ2v) is 10.2. The molecule has 0 atom stereocenters. The number of hydrogen-bond acceptors (Lipinski definition) is 7. The number of ether oxygens (including phenoxy) is 4. The van der Waals surface area contributed by atoms with E-state index >= 15 is 0 Å². The van der Waals surface area contributed by atoms with Crippen molar-refractivity contribution in [2.24, 2.45) is 0 Å². The van der Waals surface area contributed by atoms with Gasteiger partial charge >= 0.3 is 6.09 Å². The normalized spacial score (nSPS) is 16.6. The van der Waals surface area contributed by atoms with Crippen molar-refractivity contribution in [2.75, 3.05) is 27.0 Å². The summed E-state index contributed by atoms with van der Waals surface area (Å²) in [6.07, 6.45) is 1.34. The van der Waals surface area contributed by atoms with Crippen LogP contribution in [0.2, 0.25) is 0 Å². The Hall–Kier alpha value is -3.39. The van der Waals surface area contributed by atoms with Crippen LogP contribution >= 0.6 is 0 Å². The molecule has 5 rings (SSSR count). The van der Waals surface area contributed by atoms with Crippen LogP contribution < -0.4 is 19.5 Å². The average molecular weight is 481 g/mol. The molecule has 2 aliphatic rings. The van der Waals surface area contributed by atoms with Gasteiger partial charge in [0.05, 0.1) is 7.11 Å². The van der Waals surface area contributed by atoms with Crippen molar-refractivity contribution < 1.29 is 28.8 Å². The van der Waals surface area contributed by atoms with Crippen LogP contribution in [-0.4, -0.2) is 54.7 Å². The Kier molecular flexibility index (Phi) is 6.01. The van der Waals surface area contributed by atoms with Gasteiger partial charge < -0.3 is 29.4 Å². The van der Waals surface area contributed by atoms with E-state index in [0.29, 0.717) is 5.75 Å². The smallest absolute Gasteiger partial charge is 0.407 e. The minimum atomic E-state index is -0.506. The Morgan fingerprint density at radius 2 is 1.77 bits per heavy atom. The van der Waals surface area contributed by atoms with Crippen LogP contribution in [0.25, 0.3) is 21.5 Å². The van der Waals surface area contributed by atoms with E-state index in [4.69, 9.17) is 18.9 Å². The first kappa shape index (κ1) is 23.4. The van der Waals surface area contributed by atoms with Gasteiger partial charge in [-0.2, -0.15) is 0 Å². The van der Waals surface area contributed by atoms with E-state index in [0.717, 1.165) is 71.1 Å². The number of carbonyl (C=O) groups excluding carboxylic acids is 1. The third-order valence-electron chi connectivity index (χ3n) is 6.53. The fourth-order valence-corrected chi connectivity index (χ4v) is 4.88. The summed E-state index contributed by atoms with van der Waals surface area (Å²) in [5, 5.41) is 17.6. The molecule has 0 radical (unpaired) electrons. The number of rotatable bonds is 4. The molecule has 0 aromatic heterocycles. The summed E-state index contributed by atoms with van der Waals surface area (Å²) in [4.78, 5) is 14.5. The van der Waals surface area contributed by atoms with Gasteiger partial charge in [0.2, 0.25) is 6.79 Å². The Morgan fingerprint density at radius 3 is 2.46 bits per heavy atom. The molecule has 0 bridgehead atoms. The first-order valence-corrected chi connectivity index (χ1v) is 12.0. The molecule has 3 aromatic rings. The van der Waals surface area contributed by atoms with Crippen molar-refractivity contribution in [1.82, 2.24) is 10.2 Å². The summed E-state index contributed by atoms with van der Waals surface area (Å²) in [5.41, 5.74) is 0.607. The van der Waals surface area contributed by atoms with Crippen LogP contribution in [0.4, 0.5) is 4.79 Å². The van der Waals surface area contributed by atoms with E-state index in [1.165, 1.54) is 0 Å². The highest BCUT2D eigenvalue weighted by Gasteiger charge is 2.25. The number of amides is 1. The SMILES string of the molecule is COc1cc2c(cc1O)c(CN1CCC(NC(=O)OC(C)(C)C)CC1)cc1cc3c(cc12)OCO3. The molecule has 8 nitrogen and oxygen atoms in total. The molecule has 1 saturated heterocycles. The maximum atomic E-state index is 12.1. The highest BCUT2D eigenvalue weighted by atomic mass is 16.7. The first-order valence-electron chi connectivity index (χ1n) is 12.0. The number of methoxy groups -OCH3 is 1. The lowest BCUT2D eigenvalue weighted by molar-refractivity contribution is 0.0477. The molecule has 186 valence electrons. The lowest BCUT2D eigenvalue weighted by Crippen LogP contribution is -2.45. The molecule has 1 fully saturated rings. The fourth-order valence-electron chi connectivity index (χ4n) is 4.88. The summed E-state index contributed by atoms with van der Waals surface area (Å²) >= 11 is 0. The Labute approximate surface area is 204 Å². The zero-order valence-electron chi connectivity index (χ0n) is 20.6. The maximum absolute atomic E-state index is 12.1. The molecule has 2 aliphatic heterocycles. The predicted octanol–water partition coefficient (Wildman–Crippen LogP) is 4.93. The number of nitrogens with zero attached hydrogens (tertiary/aromatic N) is 1. The van der Waals surface area contributed by atoms with Crippen molar-refractivity contribution in [3.05, 3.63) is 35.9 Å². The van der Waals surface area contributed by atoms with E-state index in [-0.39, 0.29) is 24.7 Å². The van der Waals surface area contributed by atoms with Crippen molar-refractivity contribution >= 4 is 27.6 Å². The molecule has 1 amide bonds.